The lowest BCUT2D eigenvalue weighted by molar-refractivity contribution is -0.137. The van der Waals surface area contributed by atoms with Crippen molar-refractivity contribution >= 4 is 5.91 Å². The van der Waals surface area contributed by atoms with Gasteiger partial charge < -0.3 is 11.1 Å². The highest BCUT2D eigenvalue weighted by atomic mass is 19.3. The van der Waals surface area contributed by atoms with Gasteiger partial charge in [-0.05, 0) is 12.5 Å². The number of halogens is 4. The van der Waals surface area contributed by atoms with Gasteiger partial charge in [0.05, 0.1) is 6.54 Å². The zero-order valence-corrected chi connectivity index (χ0v) is 10.2. The van der Waals surface area contributed by atoms with Crippen LogP contribution in [0, 0.1) is 6.92 Å². The van der Waals surface area contributed by atoms with E-state index >= 15 is 0 Å². The third kappa shape index (κ3) is 4.20. The van der Waals surface area contributed by atoms with E-state index in [-0.39, 0.29) is 0 Å². The van der Waals surface area contributed by atoms with Crippen LogP contribution < -0.4 is 11.1 Å². The molecule has 0 fully saturated rings. The van der Waals surface area contributed by atoms with Crippen LogP contribution in [-0.2, 0) is 4.79 Å². The molecule has 0 bridgehead atoms. The maximum Gasteiger partial charge on any atom is 0.324 e. The largest absolute Gasteiger partial charge is 0.348 e. The van der Waals surface area contributed by atoms with Crippen LogP contribution in [0.3, 0.4) is 0 Å². The van der Waals surface area contributed by atoms with Gasteiger partial charge in [0.2, 0.25) is 5.91 Å². The van der Waals surface area contributed by atoms with E-state index in [2.05, 4.69) is 0 Å². The zero-order chi connectivity index (χ0) is 14.6. The van der Waals surface area contributed by atoms with Gasteiger partial charge in [-0.25, -0.2) is 8.78 Å². The van der Waals surface area contributed by atoms with Crippen LogP contribution in [0.4, 0.5) is 17.6 Å². The van der Waals surface area contributed by atoms with Crippen molar-refractivity contribution in [3.8, 4) is 0 Å². The van der Waals surface area contributed by atoms with Crippen LogP contribution in [0.25, 0.3) is 0 Å². The first kappa shape index (κ1) is 15.4. The van der Waals surface area contributed by atoms with Crippen molar-refractivity contribution in [2.75, 3.05) is 6.54 Å². The van der Waals surface area contributed by atoms with E-state index in [4.69, 9.17) is 5.73 Å². The van der Waals surface area contributed by atoms with E-state index in [1.165, 1.54) is 0 Å². The molecule has 19 heavy (non-hydrogen) atoms. The van der Waals surface area contributed by atoms with Gasteiger partial charge in [-0.2, -0.15) is 8.78 Å². The second kappa shape index (κ2) is 6.01. The fourth-order valence-corrected chi connectivity index (χ4v) is 1.32. The minimum absolute atomic E-state index is 0.420. The Hall–Kier alpha value is -1.63. The lowest BCUT2D eigenvalue weighted by Crippen LogP contribution is -2.44. The van der Waals surface area contributed by atoms with Gasteiger partial charge in [-0.1, -0.05) is 29.8 Å². The van der Waals surface area contributed by atoms with E-state index in [1.807, 2.05) is 6.92 Å². The highest BCUT2D eigenvalue weighted by Crippen LogP contribution is 2.21. The average molecular weight is 278 g/mol. The lowest BCUT2D eigenvalue weighted by atomic mass is 10.1. The monoisotopic (exact) mass is 278 g/mol. The Balaban J connectivity index is 2.61. The first-order valence-electron chi connectivity index (χ1n) is 5.50. The number of benzene rings is 1. The number of carbonyl (C=O) groups excluding carboxylic acids is 1. The van der Waals surface area contributed by atoms with Gasteiger partial charge in [0.1, 0.15) is 6.04 Å². The lowest BCUT2D eigenvalue weighted by Gasteiger charge is -2.18. The fourth-order valence-electron chi connectivity index (χ4n) is 1.32. The predicted octanol–water partition coefficient (Wildman–Crippen LogP) is 2.01. The Morgan fingerprint density at radius 2 is 1.84 bits per heavy atom. The summed E-state index contributed by atoms with van der Waals surface area (Å²) in [6.07, 6.45) is -3.83. The maximum atomic E-state index is 12.6. The fraction of sp³-hybridized carbons (Fsp3) is 0.417. The summed E-state index contributed by atoms with van der Waals surface area (Å²) in [5.74, 6) is -5.19. The summed E-state index contributed by atoms with van der Waals surface area (Å²) in [5.41, 5.74) is 6.91. The van der Waals surface area contributed by atoms with Crippen molar-refractivity contribution in [3.05, 3.63) is 35.4 Å². The number of alkyl halides is 4. The summed E-state index contributed by atoms with van der Waals surface area (Å²) < 4.78 is 49.0. The first-order valence-corrected chi connectivity index (χ1v) is 5.50. The van der Waals surface area contributed by atoms with Crippen LogP contribution in [0.1, 0.15) is 17.2 Å². The third-order valence-corrected chi connectivity index (χ3v) is 2.54. The number of hydrogen-bond donors (Lipinski definition) is 2. The summed E-state index contributed by atoms with van der Waals surface area (Å²) in [4.78, 5) is 11.5. The molecule has 1 rings (SSSR count). The molecule has 1 aromatic rings. The van der Waals surface area contributed by atoms with Gasteiger partial charge >= 0.3 is 12.3 Å². The summed E-state index contributed by atoms with van der Waals surface area (Å²) in [7, 11) is 0. The van der Waals surface area contributed by atoms with E-state index in [0.29, 0.717) is 5.56 Å². The molecule has 0 aliphatic carbocycles. The highest BCUT2D eigenvalue weighted by Gasteiger charge is 2.41. The molecule has 106 valence electrons. The molecule has 0 saturated heterocycles. The Morgan fingerprint density at radius 3 is 2.32 bits per heavy atom. The molecule has 1 atom stereocenters. The van der Waals surface area contributed by atoms with E-state index in [1.54, 1.807) is 29.6 Å². The number of aryl methyl sites for hydroxylation is 1. The number of carbonyl (C=O) groups is 1. The van der Waals surface area contributed by atoms with Gasteiger partial charge in [-0.3, -0.25) is 4.79 Å². The van der Waals surface area contributed by atoms with Crippen molar-refractivity contribution in [3.63, 3.8) is 0 Å². The van der Waals surface area contributed by atoms with Crippen molar-refractivity contribution in [2.24, 2.45) is 5.73 Å². The second-order valence-electron chi connectivity index (χ2n) is 4.17. The Kier molecular flexibility index (Phi) is 4.88. The van der Waals surface area contributed by atoms with Crippen LogP contribution in [-0.4, -0.2) is 24.8 Å². The van der Waals surface area contributed by atoms with Gasteiger partial charge in [-0.15, -0.1) is 0 Å². The van der Waals surface area contributed by atoms with Gasteiger partial charge in [0, 0.05) is 0 Å². The molecule has 0 radical (unpaired) electrons. The molecule has 0 saturated carbocycles. The molecule has 0 aromatic heterocycles. The third-order valence-electron chi connectivity index (χ3n) is 2.54. The standard InChI is InChI=1S/C12H14F4N2O/c1-7-2-4-8(5-3-7)9(17)10(19)18-6-12(15,16)11(13)14/h2-5,9,11H,6,17H2,1H3,(H,18,19). The quantitative estimate of drug-likeness (QED) is 0.809. The van der Waals surface area contributed by atoms with Crippen LogP contribution >= 0.6 is 0 Å². The molecule has 3 nitrogen and oxygen atoms in total. The van der Waals surface area contributed by atoms with E-state index < -0.39 is 30.8 Å². The normalized spacial score (nSPS) is 13.4. The minimum atomic E-state index is -4.26. The van der Waals surface area contributed by atoms with E-state index in [9.17, 15) is 22.4 Å². The van der Waals surface area contributed by atoms with Crippen LogP contribution in [0.2, 0.25) is 0 Å². The molecule has 1 unspecified atom stereocenters. The van der Waals surface area contributed by atoms with E-state index in [0.717, 1.165) is 5.56 Å². The predicted molar refractivity (Wildman–Crippen MR) is 62.1 cm³/mol. The van der Waals surface area contributed by atoms with Crippen molar-refractivity contribution < 1.29 is 22.4 Å². The number of nitrogens with one attached hydrogen (secondary N) is 1. The first-order chi connectivity index (χ1) is 8.74. The van der Waals surface area contributed by atoms with Crippen molar-refractivity contribution in [1.82, 2.24) is 5.32 Å². The maximum absolute atomic E-state index is 12.6. The SMILES string of the molecule is Cc1ccc(C(N)C(=O)NCC(F)(F)C(F)F)cc1. The Morgan fingerprint density at radius 1 is 1.32 bits per heavy atom. The Labute approximate surface area is 107 Å². The highest BCUT2D eigenvalue weighted by molar-refractivity contribution is 5.82. The smallest absolute Gasteiger partial charge is 0.324 e. The topological polar surface area (TPSA) is 55.1 Å². The summed E-state index contributed by atoms with van der Waals surface area (Å²) in [5, 5.41) is 1.72. The van der Waals surface area contributed by atoms with Gasteiger partial charge in [0.25, 0.3) is 0 Å². The van der Waals surface area contributed by atoms with Gasteiger partial charge in [0.15, 0.2) is 0 Å². The molecule has 3 N–H and O–H groups in total. The molecular weight excluding hydrogens is 264 g/mol. The van der Waals surface area contributed by atoms with Crippen LogP contribution in [0.15, 0.2) is 24.3 Å². The number of rotatable bonds is 5. The summed E-state index contributed by atoms with van der Waals surface area (Å²) in [6, 6.07) is 5.39. The molecule has 7 heteroatoms. The molecule has 0 aliphatic heterocycles. The molecule has 0 heterocycles. The minimum Gasteiger partial charge on any atom is -0.348 e. The number of nitrogens with two attached hydrogens (primary N) is 1. The number of hydrogen-bond acceptors (Lipinski definition) is 2. The molecule has 0 spiro atoms. The van der Waals surface area contributed by atoms with Crippen molar-refractivity contribution in [2.45, 2.75) is 25.3 Å². The zero-order valence-electron chi connectivity index (χ0n) is 10.2. The van der Waals surface area contributed by atoms with Crippen LogP contribution in [0.5, 0.6) is 0 Å². The summed E-state index contributed by atoms with van der Waals surface area (Å²) >= 11 is 0. The average Bonchev–Trinajstić information content (AvgIpc) is 2.36. The van der Waals surface area contributed by atoms with Crippen molar-refractivity contribution in [1.29, 1.82) is 0 Å². The molecule has 0 aliphatic rings. The molecule has 1 aromatic carbocycles. The molecular formula is C12H14F4N2O. The summed E-state index contributed by atoms with van der Waals surface area (Å²) in [6.45, 7) is 0.391. The molecule has 1 amide bonds. The number of amides is 1. The second-order valence-corrected chi connectivity index (χ2v) is 4.17. The Bertz CT molecular complexity index is 434.